The molecule has 1 heterocycles. The summed E-state index contributed by atoms with van der Waals surface area (Å²) in [5.74, 6) is 0.797. The molecule has 2 aromatic carbocycles. The minimum atomic E-state index is 0.545. The Balaban J connectivity index is 1.87. The number of rotatable bonds is 4. The van der Waals surface area contributed by atoms with Crippen LogP contribution in [-0.4, -0.2) is 4.57 Å². The van der Waals surface area contributed by atoms with E-state index in [1.165, 1.54) is 16.6 Å². The Morgan fingerprint density at radius 1 is 1.05 bits per heavy atom. The third-order valence-electron chi connectivity index (χ3n) is 3.40. The molecule has 1 aromatic heterocycles. The molecule has 0 saturated carbocycles. The number of aryl methyl sites for hydroxylation is 1. The van der Waals surface area contributed by atoms with E-state index >= 15 is 0 Å². The van der Waals surface area contributed by atoms with Crippen LogP contribution in [0.5, 0.6) is 5.75 Å². The molecule has 3 heteroatoms. The van der Waals surface area contributed by atoms with E-state index in [4.69, 9.17) is 16.3 Å². The van der Waals surface area contributed by atoms with Gasteiger partial charge in [0.2, 0.25) is 0 Å². The maximum absolute atomic E-state index is 5.96. The van der Waals surface area contributed by atoms with Crippen molar-refractivity contribution in [1.82, 2.24) is 4.57 Å². The van der Waals surface area contributed by atoms with Gasteiger partial charge in [0.15, 0.2) is 0 Å². The van der Waals surface area contributed by atoms with Gasteiger partial charge in [-0.3, -0.25) is 0 Å². The van der Waals surface area contributed by atoms with E-state index < -0.39 is 0 Å². The molecule has 0 atom stereocenters. The molecule has 0 saturated heterocycles. The summed E-state index contributed by atoms with van der Waals surface area (Å²) in [4.78, 5) is 0. The average Bonchev–Trinajstić information content (AvgIpc) is 2.82. The molecule has 0 aliphatic heterocycles. The number of ether oxygens (including phenoxy) is 1. The normalized spacial score (nSPS) is 10.9. The zero-order chi connectivity index (χ0) is 13.9. The molecule has 0 fully saturated rings. The van der Waals surface area contributed by atoms with Gasteiger partial charge in [-0.05, 0) is 42.6 Å². The summed E-state index contributed by atoms with van der Waals surface area (Å²) in [7, 11) is 0. The zero-order valence-electron chi connectivity index (χ0n) is 11.3. The number of para-hydroxylation sites is 1. The van der Waals surface area contributed by atoms with Crippen molar-refractivity contribution < 1.29 is 4.74 Å². The van der Waals surface area contributed by atoms with Crippen LogP contribution < -0.4 is 4.74 Å². The van der Waals surface area contributed by atoms with E-state index in [9.17, 15) is 0 Å². The number of fused-ring (bicyclic) bond motifs is 1. The molecule has 0 bridgehead atoms. The third-order valence-corrected chi connectivity index (χ3v) is 3.63. The fourth-order valence-corrected chi connectivity index (χ4v) is 2.65. The van der Waals surface area contributed by atoms with Crippen LogP contribution in [0.2, 0.25) is 5.02 Å². The molecule has 3 rings (SSSR count). The van der Waals surface area contributed by atoms with E-state index in [1.807, 2.05) is 24.3 Å². The second kappa shape index (κ2) is 5.59. The van der Waals surface area contributed by atoms with Crippen LogP contribution in [0.3, 0.4) is 0 Å². The van der Waals surface area contributed by atoms with E-state index in [1.54, 1.807) is 0 Å². The van der Waals surface area contributed by atoms with Crippen LogP contribution >= 0.6 is 11.6 Å². The van der Waals surface area contributed by atoms with Gasteiger partial charge >= 0.3 is 0 Å². The summed E-state index contributed by atoms with van der Waals surface area (Å²) in [5.41, 5.74) is 2.42. The molecule has 102 valence electrons. The predicted molar refractivity (Wildman–Crippen MR) is 83.4 cm³/mol. The number of hydrogen-bond acceptors (Lipinski definition) is 1. The number of hydrogen-bond donors (Lipinski definition) is 0. The highest BCUT2D eigenvalue weighted by atomic mass is 35.5. The Morgan fingerprint density at radius 2 is 1.90 bits per heavy atom. The van der Waals surface area contributed by atoms with Crippen molar-refractivity contribution >= 4 is 22.5 Å². The van der Waals surface area contributed by atoms with Crippen LogP contribution in [-0.2, 0) is 13.2 Å². The lowest BCUT2D eigenvalue weighted by Crippen LogP contribution is -2.04. The molecule has 0 N–H and O–H groups in total. The zero-order valence-corrected chi connectivity index (χ0v) is 12.1. The molecule has 2 nitrogen and oxygen atoms in total. The maximum Gasteiger partial charge on any atom is 0.128 e. The Morgan fingerprint density at radius 3 is 2.70 bits per heavy atom. The predicted octanol–water partition coefficient (Wildman–Crippen LogP) is 4.89. The van der Waals surface area contributed by atoms with Crippen molar-refractivity contribution in [3.05, 3.63) is 65.3 Å². The second-order valence-corrected chi connectivity index (χ2v) is 5.12. The van der Waals surface area contributed by atoms with Crippen molar-refractivity contribution in [1.29, 1.82) is 0 Å². The van der Waals surface area contributed by atoms with Gasteiger partial charge in [0.1, 0.15) is 12.4 Å². The highest BCUT2D eigenvalue weighted by molar-refractivity contribution is 6.30. The quantitative estimate of drug-likeness (QED) is 0.665. The lowest BCUT2D eigenvalue weighted by molar-refractivity contribution is 0.296. The molecule has 0 aliphatic carbocycles. The molecule has 0 unspecified atom stereocenters. The largest absolute Gasteiger partial charge is 0.487 e. The Hall–Kier alpha value is -1.93. The second-order valence-electron chi connectivity index (χ2n) is 4.68. The number of nitrogens with zero attached hydrogens (tertiary/aromatic N) is 1. The lowest BCUT2D eigenvalue weighted by atomic mass is 10.2. The van der Waals surface area contributed by atoms with Crippen LogP contribution in [0, 0.1) is 0 Å². The molecular formula is C17H16ClNO. The summed E-state index contributed by atoms with van der Waals surface area (Å²) in [5, 5.41) is 1.94. The molecule has 0 aliphatic rings. The fourth-order valence-electron chi connectivity index (χ4n) is 2.47. The minimum Gasteiger partial charge on any atom is -0.487 e. The van der Waals surface area contributed by atoms with Gasteiger partial charge < -0.3 is 9.30 Å². The number of halogens is 1. The minimum absolute atomic E-state index is 0.545. The summed E-state index contributed by atoms with van der Waals surface area (Å²) in [6.45, 7) is 3.62. The van der Waals surface area contributed by atoms with Gasteiger partial charge in [-0.1, -0.05) is 35.9 Å². The summed E-state index contributed by atoms with van der Waals surface area (Å²) < 4.78 is 8.12. The first-order valence-corrected chi connectivity index (χ1v) is 7.11. The number of benzene rings is 2. The number of aromatic nitrogens is 1. The van der Waals surface area contributed by atoms with Crippen LogP contribution in [0.4, 0.5) is 0 Å². The van der Waals surface area contributed by atoms with Gasteiger partial charge in [0.05, 0.1) is 5.69 Å². The molecule has 0 spiro atoms. The van der Waals surface area contributed by atoms with Crippen molar-refractivity contribution in [3.63, 3.8) is 0 Å². The van der Waals surface area contributed by atoms with Crippen molar-refractivity contribution in [2.75, 3.05) is 0 Å². The summed E-state index contributed by atoms with van der Waals surface area (Å²) in [6.07, 6.45) is 0. The molecule has 20 heavy (non-hydrogen) atoms. The van der Waals surface area contributed by atoms with Crippen LogP contribution in [0.1, 0.15) is 12.6 Å². The van der Waals surface area contributed by atoms with Gasteiger partial charge in [0, 0.05) is 17.1 Å². The van der Waals surface area contributed by atoms with Gasteiger partial charge in [-0.15, -0.1) is 0 Å². The summed E-state index contributed by atoms with van der Waals surface area (Å²) in [6, 6.07) is 18.1. The first-order valence-electron chi connectivity index (χ1n) is 6.73. The lowest BCUT2D eigenvalue weighted by Gasteiger charge is -2.10. The molecular weight excluding hydrogens is 270 g/mol. The maximum atomic E-state index is 5.96. The van der Waals surface area contributed by atoms with Crippen LogP contribution in [0.15, 0.2) is 54.6 Å². The Labute approximate surface area is 123 Å². The smallest absolute Gasteiger partial charge is 0.128 e. The fraction of sp³-hybridized carbons (Fsp3) is 0.176. The first kappa shape index (κ1) is 13.1. The van der Waals surface area contributed by atoms with Crippen molar-refractivity contribution in [2.45, 2.75) is 20.1 Å². The Kier molecular flexibility index (Phi) is 3.66. The topological polar surface area (TPSA) is 14.2 Å². The van der Waals surface area contributed by atoms with Crippen molar-refractivity contribution in [3.8, 4) is 5.75 Å². The van der Waals surface area contributed by atoms with E-state index in [-0.39, 0.29) is 0 Å². The SMILES string of the molecule is CCn1c(COc2cccc(Cl)c2)cc2ccccc21. The Bertz CT molecular complexity index is 733. The van der Waals surface area contributed by atoms with Crippen LogP contribution in [0.25, 0.3) is 10.9 Å². The van der Waals surface area contributed by atoms with Gasteiger partial charge in [-0.25, -0.2) is 0 Å². The van der Waals surface area contributed by atoms with Gasteiger partial charge in [-0.2, -0.15) is 0 Å². The van der Waals surface area contributed by atoms with Gasteiger partial charge in [0.25, 0.3) is 0 Å². The third kappa shape index (κ3) is 2.52. The molecule has 3 aromatic rings. The average molecular weight is 286 g/mol. The highest BCUT2D eigenvalue weighted by Crippen LogP contribution is 2.22. The first-order chi connectivity index (χ1) is 9.78. The highest BCUT2D eigenvalue weighted by Gasteiger charge is 2.07. The summed E-state index contributed by atoms with van der Waals surface area (Å²) >= 11 is 5.96. The molecule has 0 amide bonds. The van der Waals surface area contributed by atoms with E-state index in [0.717, 1.165) is 12.3 Å². The van der Waals surface area contributed by atoms with Crippen molar-refractivity contribution in [2.24, 2.45) is 0 Å². The van der Waals surface area contributed by atoms with E-state index in [2.05, 4.69) is 41.8 Å². The standard InChI is InChI=1S/C17H16ClNO/c1-2-19-15(10-13-6-3-4-9-17(13)19)12-20-16-8-5-7-14(18)11-16/h3-11H,2,12H2,1H3. The monoisotopic (exact) mass is 285 g/mol. The van der Waals surface area contributed by atoms with E-state index in [0.29, 0.717) is 11.6 Å². The molecule has 0 radical (unpaired) electrons.